The summed E-state index contributed by atoms with van der Waals surface area (Å²) in [5.41, 5.74) is 0.996. The van der Waals surface area contributed by atoms with E-state index in [-0.39, 0.29) is 42.4 Å². The van der Waals surface area contributed by atoms with Crippen LogP contribution in [0.25, 0.3) is 0 Å². The maximum atomic E-state index is 13.4. The summed E-state index contributed by atoms with van der Waals surface area (Å²) < 4.78 is 11.0. The smallest absolute Gasteiger partial charge is 0.228 e. The van der Waals surface area contributed by atoms with E-state index in [1.54, 1.807) is 7.11 Å². The highest BCUT2D eigenvalue weighted by molar-refractivity contribution is 5.90. The Balaban J connectivity index is 1.88. The molecule has 2 fully saturated rings. The van der Waals surface area contributed by atoms with Gasteiger partial charge in [-0.15, -0.1) is 0 Å². The van der Waals surface area contributed by atoms with Crippen molar-refractivity contribution in [2.24, 2.45) is 5.92 Å². The Hall–Kier alpha value is -2.08. The Bertz CT molecular complexity index is 680. The van der Waals surface area contributed by atoms with E-state index in [2.05, 4.69) is 6.92 Å². The van der Waals surface area contributed by atoms with Crippen LogP contribution in [0.3, 0.4) is 0 Å². The normalized spacial score (nSPS) is 27.9. The molecule has 2 amide bonds. The van der Waals surface area contributed by atoms with Crippen molar-refractivity contribution in [1.29, 1.82) is 0 Å². The minimum atomic E-state index is -0.352. The SMILES string of the molecule is CCCCN1C(=O)C[C@H](C(=O)N2C[C@H](C)O[C@@H](C)C2)[C@H]1c1ccc(OC)cc1. The van der Waals surface area contributed by atoms with E-state index >= 15 is 0 Å². The van der Waals surface area contributed by atoms with E-state index in [4.69, 9.17) is 9.47 Å². The van der Waals surface area contributed by atoms with E-state index in [0.717, 1.165) is 24.2 Å². The monoisotopic (exact) mass is 388 g/mol. The molecule has 1 aromatic carbocycles. The predicted octanol–water partition coefficient (Wildman–Crippen LogP) is 3.02. The van der Waals surface area contributed by atoms with E-state index in [0.29, 0.717) is 19.6 Å². The van der Waals surface area contributed by atoms with Crippen molar-refractivity contribution in [1.82, 2.24) is 9.80 Å². The molecule has 0 bridgehead atoms. The predicted molar refractivity (Wildman–Crippen MR) is 107 cm³/mol. The number of amides is 2. The Labute approximate surface area is 167 Å². The lowest BCUT2D eigenvalue weighted by Gasteiger charge is -2.38. The van der Waals surface area contributed by atoms with E-state index in [9.17, 15) is 9.59 Å². The number of carbonyl (C=O) groups excluding carboxylic acids is 2. The number of methoxy groups -OCH3 is 1. The summed E-state index contributed by atoms with van der Waals surface area (Å²) in [6.45, 7) is 7.94. The third-order valence-electron chi connectivity index (χ3n) is 5.69. The zero-order chi connectivity index (χ0) is 20.3. The molecule has 28 heavy (non-hydrogen) atoms. The van der Waals surface area contributed by atoms with Gasteiger partial charge in [-0.25, -0.2) is 0 Å². The van der Waals surface area contributed by atoms with Crippen LogP contribution in [0.15, 0.2) is 24.3 Å². The molecular formula is C22H32N2O4. The summed E-state index contributed by atoms with van der Waals surface area (Å²) in [6, 6.07) is 7.54. The first-order valence-electron chi connectivity index (χ1n) is 10.3. The number of hydrogen-bond acceptors (Lipinski definition) is 4. The van der Waals surface area contributed by atoms with Crippen molar-refractivity contribution < 1.29 is 19.1 Å². The average molecular weight is 389 g/mol. The molecule has 4 atom stereocenters. The standard InChI is InChI=1S/C22H32N2O4/c1-5-6-11-24-20(25)12-19(21(24)17-7-9-18(27-4)10-8-17)22(26)23-13-15(2)28-16(3)14-23/h7-10,15-16,19,21H,5-6,11-14H2,1-4H3/t15-,16-,19-,21+/m0/s1. The van der Waals surface area contributed by atoms with Gasteiger partial charge in [0, 0.05) is 26.1 Å². The van der Waals surface area contributed by atoms with Crippen LogP contribution in [0.5, 0.6) is 5.75 Å². The minimum absolute atomic E-state index is 0.0143. The van der Waals surface area contributed by atoms with Gasteiger partial charge in [-0.2, -0.15) is 0 Å². The van der Waals surface area contributed by atoms with Crippen LogP contribution in [0.4, 0.5) is 0 Å². The van der Waals surface area contributed by atoms with Gasteiger partial charge in [-0.05, 0) is 38.0 Å². The molecule has 0 N–H and O–H groups in total. The van der Waals surface area contributed by atoms with Gasteiger partial charge in [-0.3, -0.25) is 9.59 Å². The summed E-state index contributed by atoms with van der Waals surface area (Å²) in [7, 11) is 1.63. The van der Waals surface area contributed by atoms with Crippen LogP contribution in [0.2, 0.25) is 0 Å². The maximum Gasteiger partial charge on any atom is 0.228 e. The Kier molecular flexibility index (Phi) is 6.60. The molecule has 2 aliphatic rings. The fraction of sp³-hybridized carbons (Fsp3) is 0.636. The molecule has 0 saturated carbocycles. The molecule has 0 unspecified atom stereocenters. The highest BCUT2D eigenvalue weighted by Crippen LogP contribution is 2.40. The topological polar surface area (TPSA) is 59.1 Å². The minimum Gasteiger partial charge on any atom is -0.497 e. The summed E-state index contributed by atoms with van der Waals surface area (Å²) in [4.78, 5) is 30.0. The second kappa shape index (κ2) is 8.95. The number of unbranched alkanes of at least 4 members (excludes halogenated alkanes) is 1. The van der Waals surface area contributed by atoms with Crippen LogP contribution in [0.1, 0.15) is 51.6 Å². The summed E-state index contributed by atoms with van der Waals surface area (Å²) in [5, 5.41) is 0. The third-order valence-corrected chi connectivity index (χ3v) is 5.69. The van der Waals surface area contributed by atoms with Gasteiger partial charge >= 0.3 is 0 Å². The molecule has 154 valence electrons. The Morgan fingerprint density at radius 1 is 1.18 bits per heavy atom. The highest BCUT2D eigenvalue weighted by Gasteiger charge is 2.46. The molecule has 0 aliphatic carbocycles. The lowest BCUT2D eigenvalue weighted by molar-refractivity contribution is -0.148. The molecule has 2 aliphatic heterocycles. The zero-order valence-electron chi connectivity index (χ0n) is 17.4. The summed E-state index contributed by atoms with van der Waals surface area (Å²) in [6.07, 6.45) is 2.25. The van der Waals surface area contributed by atoms with Crippen molar-refractivity contribution >= 4 is 11.8 Å². The highest BCUT2D eigenvalue weighted by atomic mass is 16.5. The van der Waals surface area contributed by atoms with Crippen molar-refractivity contribution in [2.45, 2.75) is 58.3 Å². The van der Waals surface area contributed by atoms with Gasteiger partial charge in [0.15, 0.2) is 0 Å². The third kappa shape index (κ3) is 4.32. The number of morpholine rings is 1. The first-order valence-corrected chi connectivity index (χ1v) is 10.3. The summed E-state index contributed by atoms with van der Waals surface area (Å²) >= 11 is 0. The lowest BCUT2D eigenvalue weighted by atomic mass is 9.91. The van der Waals surface area contributed by atoms with E-state index in [1.165, 1.54) is 0 Å². The molecule has 6 heteroatoms. The molecule has 3 rings (SSSR count). The van der Waals surface area contributed by atoms with Gasteiger partial charge in [0.25, 0.3) is 0 Å². The number of likely N-dealkylation sites (tertiary alicyclic amines) is 1. The van der Waals surface area contributed by atoms with Crippen LogP contribution in [-0.4, -0.2) is 60.6 Å². The second-order valence-corrected chi connectivity index (χ2v) is 7.97. The van der Waals surface area contributed by atoms with Gasteiger partial charge in [0.05, 0.1) is 31.3 Å². The fourth-order valence-corrected chi connectivity index (χ4v) is 4.41. The Morgan fingerprint density at radius 3 is 2.39 bits per heavy atom. The molecule has 0 radical (unpaired) electrons. The second-order valence-electron chi connectivity index (χ2n) is 7.97. The van der Waals surface area contributed by atoms with Gasteiger partial charge in [-0.1, -0.05) is 25.5 Å². The van der Waals surface area contributed by atoms with Gasteiger partial charge in [0.2, 0.25) is 11.8 Å². The molecule has 1 aromatic rings. The van der Waals surface area contributed by atoms with Crippen molar-refractivity contribution in [3.8, 4) is 5.75 Å². The van der Waals surface area contributed by atoms with Crippen LogP contribution in [0, 0.1) is 5.92 Å². The fourth-order valence-electron chi connectivity index (χ4n) is 4.41. The number of carbonyl (C=O) groups is 2. The Morgan fingerprint density at radius 2 is 1.82 bits per heavy atom. The molecular weight excluding hydrogens is 356 g/mol. The van der Waals surface area contributed by atoms with Crippen molar-refractivity contribution in [3.05, 3.63) is 29.8 Å². The number of nitrogens with zero attached hydrogens (tertiary/aromatic N) is 2. The quantitative estimate of drug-likeness (QED) is 0.752. The van der Waals surface area contributed by atoms with Crippen LogP contribution < -0.4 is 4.74 Å². The maximum absolute atomic E-state index is 13.4. The molecule has 6 nitrogen and oxygen atoms in total. The average Bonchev–Trinajstić information content (AvgIpc) is 3.01. The van der Waals surface area contributed by atoms with Gasteiger partial charge in [0.1, 0.15) is 5.75 Å². The largest absolute Gasteiger partial charge is 0.497 e. The first kappa shape index (κ1) is 20.6. The molecule has 0 spiro atoms. The lowest BCUT2D eigenvalue weighted by Crippen LogP contribution is -2.50. The number of benzene rings is 1. The molecule has 0 aromatic heterocycles. The van der Waals surface area contributed by atoms with E-state index in [1.807, 2.05) is 47.9 Å². The molecule has 2 heterocycles. The number of ether oxygens (including phenoxy) is 2. The van der Waals surface area contributed by atoms with Crippen LogP contribution in [-0.2, 0) is 14.3 Å². The number of hydrogen-bond donors (Lipinski definition) is 0. The van der Waals surface area contributed by atoms with Crippen molar-refractivity contribution in [2.75, 3.05) is 26.7 Å². The van der Waals surface area contributed by atoms with Crippen LogP contribution >= 0.6 is 0 Å². The first-order chi connectivity index (χ1) is 13.4. The molecule has 2 saturated heterocycles. The zero-order valence-corrected chi connectivity index (χ0v) is 17.4. The van der Waals surface area contributed by atoms with Crippen molar-refractivity contribution in [3.63, 3.8) is 0 Å². The van der Waals surface area contributed by atoms with Gasteiger partial charge < -0.3 is 19.3 Å². The van der Waals surface area contributed by atoms with E-state index < -0.39 is 0 Å². The number of rotatable bonds is 6. The summed E-state index contributed by atoms with van der Waals surface area (Å²) in [5.74, 6) is 0.555.